The Labute approximate surface area is 124 Å². The molecule has 0 atom stereocenters. The van der Waals surface area contributed by atoms with Crippen LogP contribution in [0.5, 0.6) is 0 Å². The molecular weight excluding hydrogens is 248 g/mol. The lowest BCUT2D eigenvalue weighted by molar-refractivity contribution is -0.138. The van der Waals surface area contributed by atoms with Crippen LogP contribution in [-0.2, 0) is 4.79 Å². The molecule has 0 unspecified atom stereocenters. The molecule has 0 bridgehead atoms. The quantitative estimate of drug-likeness (QED) is 0.785. The highest BCUT2D eigenvalue weighted by Gasteiger charge is 2.47. The number of amides is 1. The summed E-state index contributed by atoms with van der Waals surface area (Å²) >= 11 is 0. The van der Waals surface area contributed by atoms with Gasteiger partial charge in [0, 0.05) is 13.1 Å². The molecule has 2 aliphatic rings. The molecule has 0 heterocycles. The first-order valence-electron chi connectivity index (χ1n) is 8.40. The number of hydrogen-bond donors (Lipinski definition) is 2. The van der Waals surface area contributed by atoms with Crippen molar-refractivity contribution in [2.45, 2.75) is 65.7 Å². The minimum atomic E-state index is -0.253. The maximum atomic E-state index is 12.5. The number of rotatable bonds is 6. The van der Waals surface area contributed by atoms with E-state index < -0.39 is 0 Å². The van der Waals surface area contributed by atoms with Gasteiger partial charge >= 0.3 is 0 Å². The van der Waals surface area contributed by atoms with Crippen molar-refractivity contribution in [2.24, 2.45) is 28.4 Å². The van der Waals surface area contributed by atoms with Crippen LogP contribution >= 0.6 is 0 Å². The summed E-state index contributed by atoms with van der Waals surface area (Å²) in [5, 5.41) is 3.27. The van der Waals surface area contributed by atoms with Gasteiger partial charge in [0.15, 0.2) is 0 Å². The van der Waals surface area contributed by atoms with Crippen LogP contribution in [0.25, 0.3) is 0 Å². The van der Waals surface area contributed by atoms with Gasteiger partial charge in [-0.05, 0) is 49.4 Å². The van der Waals surface area contributed by atoms with Crippen LogP contribution in [0.3, 0.4) is 0 Å². The summed E-state index contributed by atoms with van der Waals surface area (Å²) in [6.45, 7) is 8.15. The third kappa shape index (κ3) is 3.19. The van der Waals surface area contributed by atoms with E-state index in [9.17, 15) is 4.79 Å². The summed E-state index contributed by atoms with van der Waals surface area (Å²) in [7, 11) is 0. The Bertz CT molecular complexity index is 339. The number of nitrogens with one attached hydrogen (secondary N) is 1. The molecule has 3 heteroatoms. The van der Waals surface area contributed by atoms with Gasteiger partial charge in [-0.1, -0.05) is 33.6 Å². The van der Waals surface area contributed by atoms with Crippen LogP contribution in [0.1, 0.15) is 65.7 Å². The van der Waals surface area contributed by atoms with Gasteiger partial charge in [0.2, 0.25) is 5.91 Å². The van der Waals surface area contributed by atoms with Crippen molar-refractivity contribution < 1.29 is 4.79 Å². The van der Waals surface area contributed by atoms with Gasteiger partial charge in [-0.25, -0.2) is 0 Å². The minimum Gasteiger partial charge on any atom is -0.355 e. The fourth-order valence-corrected chi connectivity index (χ4v) is 4.62. The second-order valence-corrected chi connectivity index (χ2v) is 7.99. The molecule has 0 aromatic rings. The third-order valence-electron chi connectivity index (χ3n) is 5.48. The molecule has 0 aliphatic heterocycles. The van der Waals surface area contributed by atoms with Gasteiger partial charge in [-0.15, -0.1) is 0 Å². The predicted molar refractivity (Wildman–Crippen MR) is 83.3 cm³/mol. The van der Waals surface area contributed by atoms with E-state index in [-0.39, 0.29) is 11.3 Å². The molecule has 0 aromatic carbocycles. The second kappa shape index (κ2) is 6.05. The second-order valence-electron chi connectivity index (χ2n) is 7.99. The Hall–Kier alpha value is -0.570. The molecule has 3 N–H and O–H groups in total. The van der Waals surface area contributed by atoms with Gasteiger partial charge in [0.25, 0.3) is 0 Å². The van der Waals surface area contributed by atoms with Crippen molar-refractivity contribution in [3.63, 3.8) is 0 Å². The fraction of sp³-hybridized carbons (Fsp3) is 0.941. The van der Waals surface area contributed by atoms with E-state index >= 15 is 0 Å². The standard InChI is InChI=1S/C17H32N2O/c1-13(2)8-16(6-4-5-7-16)12-19-15(20)17(11-18)9-14(3)10-17/h13-14H,4-12,18H2,1-3H3,(H,19,20). The lowest BCUT2D eigenvalue weighted by Crippen LogP contribution is -2.54. The zero-order valence-electron chi connectivity index (χ0n) is 13.5. The Balaban J connectivity index is 1.91. The summed E-state index contributed by atoms with van der Waals surface area (Å²) in [5.74, 6) is 1.57. The van der Waals surface area contributed by atoms with Crippen LogP contribution in [-0.4, -0.2) is 19.0 Å². The maximum absolute atomic E-state index is 12.5. The van der Waals surface area contributed by atoms with Crippen LogP contribution in [0, 0.1) is 22.7 Å². The highest BCUT2D eigenvalue weighted by atomic mass is 16.2. The van der Waals surface area contributed by atoms with E-state index in [1.54, 1.807) is 0 Å². The number of hydrogen-bond acceptors (Lipinski definition) is 2. The zero-order valence-corrected chi connectivity index (χ0v) is 13.5. The summed E-state index contributed by atoms with van der Waals surface area (Å²) < 4.78 is 0. The summed E-state index contributed by atoms with van der Waals surface area (Å²) in [4.78, 5) is 12.5. The van der Waals surface area contributed by atoms with E-state index in [0.29, 0.717) is 23.8 Å². The van der Waals surface area contributed by atoms with Crippen molar-refractivity contribution in [2.75, 3.05) is 13.1 Å². The highest BCUT2D eigenvalue weighted by molar-refractivity contribution is 5.84. The van der Waals surface area contributed by atoms with Gasteiger partial charge < -0.3 is 11.1 Å². The molecule has 0 saturated heterocycles. The fourth-order valence-electron chi connectivity index (χ4n) is 4.62. The molecule has 2 saturated carbocycles. The lowest BCUT2D eigenvalue weighted by atomic mass is 9.62. The normalized spacial score (nSPS) is 32.1. The summed E-state index contributed by atoms with van der Waals surface area (Å²) in [6.07, 6.45) is 8.36. The van der Waals surface area contributed by atoms with Gasteiger partial charge in [-0.2, -0.15) is 0 Å². The van der Waals surface area contributed by atoms with Crippen molar-refractivity contribution in [3.8, 4) is 0 Å². The molecule has 3 nitrogen and oxygen atoms in total. The van der Waals surface area contributed by atoms with Crippen molar-refractivity contribution >= 4 is 5.91 Å². The highest BCUT2D eigenvalue weighted by Crippen LogP contribution is 2.46. The molecule has 2 fully saturated rings. The van der Waals surface area contributed by atoms with Crippen LogP contribution in [0.15, 0.2) is 0 Å². The summed E-state index contributed by atoms with van der Waals surface area (Å²) in [5.41, 5.74) is 5.97. The predicted octanol–water partition coefficient (Wildman–Crippen LogP) is 3.08. The third-order valence-corrected chi connectivity index (χ3v) is 5.48. The zero-order chi connectivity index (χ0) is 14.8. The monoisotopic (exact) mass is 280 g/mol. The Kier molecular flexibility index (Phi) is 4.78. The average molecular weight is 280 g/mol. The van der Waals surface area contributed by atoms with E-state index in [4.69, 9.17) is 5.73 Å². The maximum Gasteiger partial charge on any atom is 0.227 e. The van der Waals surface area contributed by atoms with Crippen LogP contribution in [0.2, 0.25) is 0 Å². The molecule has 0 spiro atoms. The van der Waals surface area contributed by atoms with E-state index in [1.807, 2.05) is 0 Å². The Morgan fingerprint density at radius 3 is 2.35 bits per heavy atom. The average Bonchev–Trinajstić information content (AvgIpc) is 2.80. The Morgan fingerprint density at radius 1 is 1.30 bits per heavy atom. The first-order chi connectivity index (χ1) is 9.41. The van der Waals surface area contributed by atoms with Crippen molar-refractivity contribution in [1.29, 1.82) is 0 Å². The van der Waals surface area contributed by atoms with Gasteiger partial charge in [-0.3, -0.25) is 4.79 Å². The molecule has 0 aromatic heterocycles. The summed E-state index contributed by atoms with van der Waals surface area (Å²) in [6, 6.07) is 0. The number of nitrogens with two attached hydrogens (primary N) is 1. The van der Waals surface area contributed by atoms with E-state index in [1.165, 1.54) is 32.1 Å². The molecule has 116 valence electrons. The molecule has 0 radical (unpaired) electrons. The smallest absolute Gasteiger partial charge is 0.227 e. The van der Waals surface area contributed by atoms with Crippen LogP contribution < -0.4 is 11.1 Å². The Morgan fingerprint density at radius 2 is 1.90 bits per heavy atom. The van der Waals surface area contributed by atoms with Crippen LogP contribution in [0.4, 0.5) is 0 Å². The molecule has 20 heavy (non-hydrogen) atoms. The lowest BCUT2D eigenvalue weighted by Gasteiger charge is -2.45. The van der Waals surface area contributed by atoms with Crippen molar-refractivity contribution in [3.05, 3.63) is 0 Å². The van der Waals surface area contributed by atoms with Crippen molar-refractivity contribution in [1.82, 2.24) is 5.32 Å². The van der Waals surface area contributed by atoms with E-state index in [0.717, 1.165) is 19.4 Å². The first-order valence-corrected chi connectivity index (χ1v) is 8.40. The molecule has 2 rings (SSSR count). The van der Waals surface area contributed by atoms with E-state index in [2.05, 4.69) is 26.1 Å². The first kappa shape index (κ1) is 15.8. The minimum absolute atomic E-state index is 0.216. The SMILES string of the molecule is CC(C)CC1(CNC(=O)C2(CN)CC(C)C2)CCCC1. The molecule has 2 aliphatic carbocycles. The number of carbonyl (C=O) groups excluding carboxylic acids is 1. The largest absolute Gasteiger partial charge is 0.355 e. The van der Waals surface area contributed by atoms with Gasteiger partial charge in [0.1, 0.15) is 0 Å². The number of carbonyl (C=O) groups is 1. The molecular formula is C17H32N2O. The molecule has 1 amide bonds. The van der Waals surface area contributed by atoms with Gasteiger partial charge in [0.05, 0.1) is 5.41 Å². The topological polar surface area (TPSA) is 55.1 Å².